The second-order valence-corrected chi connectivity index (χ2v) is 10.3. The van der Waals surface area contributed by atoms with Crippen molar-refractivity contribution >= 4 is 50.9 Å². The Labute approximate surface area is 243 Å². The second-order valence-electron chi connectivity index (χ2n) is 9.40. The number of anilines is 3. The van der Waals surface area contributed by atoms with Gasteiger partial charge in [0.2, 0.25) is 0 Å². The number of piperidine rings is 1. The number of halogens is 1. The number of hydrazine groups is 1. The molecule has 0 spiro atoms. The zero-order valence-electron chi connectivity index (χ0n) is 23.2. The van der Waals surface area contributed by atoms with E-state index in [1.807, 2.05) is 42.3 Å². The van der Waals surface area contributed by atoms with E-state index in [9.17, 15) is 9.59 Å². The van der Waals surface area contributed by atoms with Crippen LogP contribution in [-0.4, -0.2) is 46.3 Å². The molecule has 1 fully saturated rings. The molecule has 0 radical (unpaired) electrons. The lowest BCUT2D eigenvalue weighted by atomic mass is 10.1. The number of aryl methyl sites for hydroxylation is 1. The topological polar surface area (TPSA) is 80.3 Å². The number of esters is 1. The predicted octanol–water partition coefficient (Wildman–Crippen LogP) is 6.43. The lowest BCUT2D eigenvalue weighted by molar-refractivity contribution is -0.116. The van der Waals surface area contributed by atoms with Crippen LogP contribution in [0.4, 0.5) is 17.1 Å². The average molecular weight is 609 g/mol. The van der Waals surface area contributed by atoms with Crippen molar-refractivity contribution in [1.29, 1.82) is 0 Å². The molecular formula is C31H34BrN3O5. The fraction of sp³-hybridized carbons (Fsp3) is 0.290. The van der Waals surface area contributed by atoms with Crippen molar-refractivity contribution in [2.24, 2.45) is 0 Å². The zero-order valence-corrected chi connectivity index (χ0v) is 24.8. The number of hydrogen-bond donors (Lipinski definition) is 1. The summed E-state index contributed by atoms with van der Waals surface area (Å²) in [5, 5.41) is 1.83. The highest BCUT2D eigenvalue weighted by molar-refractivity contribution is 9.10. The van der Waals surface area contributed by atoms with Crippen molar-refractivity contribution < 1.29 is 23.8 Å². The molecule has 1 amide bonds. The van der Waals surface area contributed by atoms with Crippen LogP contribution in [0.15, 0.2) is 65.1 Å². The van der Waals surface area contributed by atoms with Gasteiger partial charge in [-0.25, -0.2) is 4.79 Å². The van der Waals surface area contributed by atoms with Gasteiger partial charge in [0, 0.05) is 23.6 Å². The van der Waals surface area contributed by atoms with E-state index < -0.39 is 5.97 Å². The molecule has 0 unspecified atom stereocenters. The minimum absolute atomic E-state index is 0.286. The van der Waals surface area contributed by atoms with E-state index in [1.165, 1.54) is 26.7 Å². The Hall–Kier alpha value is -3.98. The predicted molar refractivity (Wildman–Crippen MR) is 162 cm³/mol. The number of nitrogens with zero attached hydrogens (tertiary/aromatic N) is 2. The van der Waals surface area contributed by atoms with Crippen molar-refractivity contribution in [3.05, 3.63) is 81.8 Å². The molecule has 8 nitrogen and oxygen atoms in total. The molecule has 3 aromatic rings. The Balaban J connectivity index is 1.69. The number of benzene rings is 3. The molecule has 0 aliphatic carbocycles. The number of methoxy groups -OCH3 is 3. The molecule has 1 N–H and O–H groups in total. The highest BCUT2D eigenvalue weighted by Gasteiger charge is 2.23. The van der Waals surface area contributed by atoms with Crippen molar-refractivity contribution in [1.82, 2.24) is 5.43 Å². The van der Waals surface area contributed by atoms with Crippen LogP contribution in [0.2, 0.25) is 0 Å². The number of carbonyl (C=O) groups excluding carboxylic acids is 2. The van der Waals surface area contributed by atoms with Crippen molar-refractivity contribution in [3.63, 3.8) is 0 Å². The van der Waals surface area contributed by atoms with Crippen LogP contribution in [-0.2, 0) is 9.53 Å². The summed E-state index contributed by atoms with van der Waals surface area (Å²) in [5.41, 5.74) is 7.86. The standard InChI is InChI=1S/C31H34BrN3O5/c1-21-9-8-10-27(34-17-6-5-7-18-34)30(21)35(23-12-14-24(38-2)15-13-23)33-29(36)16-11-22-19-28(39-3)25(20-26(22)32)31(37)40-4/h8-16,19-20H,5-7,17-18H2,1-4H3,(H,33,36)/b16-11+. The third kappa shape index (κ3) is 6.59. The van der Waals surface area contributed by atoms with Gasteiger partial charge in [0.05, 0.1) is 38.4 Å². The minimum Gasteiger partial charge on any atom is -0.497 e. The van der Waals surface area contributed by atoms with Crippen LogP contribution in [0, 0.1) is 6.92 Å². The van der Waals surface area contributed by atoms with Crippen molar-refractivity contribution in [3.8, 4) is 11.5 Å². The lowest BCUT2D eigenvalue weighted by Gasteiger charge is -2.35. The van der Waals surface area contributed by atoms with Crippen molar-refractivity contribution in [2.45, 2.75) is 26.2 Å². The number of amides is 1. The SMILES string of the molecule is COC(=O)c1cc(Br)c(/C=C/C(=O)NN(c2ccc(OC)cc2)c2c(C)cccc2N2CCCCC2)cc1OC. The van der Waals surface area contributed by atoms with E-state index in [1.54, 1.807) is 25.3 Å². The Bertz CT molecular complexity index is 1380. The van der Waals surface area contributed by atoms with Gasteiger partial charge in [-0.1, -0.05) is 28.1 Å². The maximum atomic E-state index is 13.4. The molecule has 0 saturated carbocycles. The number of ether oxygens (including phenoxy) is 3. The molecule has 4 rings (SSSR count). The average Bonchev–Trinajstić information content (AvgIpc) is 2.99. The summed E-state index contributed by atoms with van der Waals surface area (Å²) in [7, 11) is 4.41. The first-order valence-electron chi connectivity index (χ1n) is 13.1. The van der Waals surface area contributed by atoms with Crippen LogP contribution >= 0.6 is 15.9 Å². The summed E-state index contributed by atoms with van der Waals surface area (Å²) in [6, 6.07) is 17.1. The second kappa shape index (κ2) is 13.4. The van der Waals surface area contributed by atoms with Crippen LogP contribution in [0.5, 0.6) is 11.5 Å². The number of para-hydroxylation sites is 1. The van der Waals surface area contributed by atoms with E-state index in [4.69, 9.17) is 14.2 Å². The summed E-state index contributed by atoms with van der Waals surface area (Å²) in [5.74, 6) is 0.237. The van der Waals surface area contributed by atoms with Gasteiger partial charge in [-0.15, -0.1) is 0 Å². The maximum Gasteiger partial charge on any atom is 0.341 e. The van der Waals surface area contributed by atoms with Gasteiger partial charge in [-0.05, 0) is 85.9 Å². The molecule has 0 atom stereocenters. The monoisotopic (exact) mass is 607 g/mol. The fourth-order valence-electron chi connectivity index (χ4n) is 4.75. The largest absolute Gasteiger partial charge is 0.497 e. The van der Waals surface area contributed by atoms with E-state index in [-0.39, 0.29) is 11.5 Å². The normalized spacial score (nSPS) is 13.2. The molecule has 1 saturated heterocycles. The van der Waals surface area contributed by atoms with Gasteiger partial charge in [0.25, 0.3) is 5.91 Å². The van der Waals surface area contributed by atoms with Gasteiger partial charge in [0.1, 0.15) is 17.1 Å². The fourth-order valence-corrected chi connectivity index (χ4v) is 5.23. The van der Waals surface area contributed by atoms with Crippen LogP contribution < -0.4 is 24.8 Å². The van der Waals surface area contributed by atoms with Gasteiger partial charge in [-0.2, -0.15) is 0 Å². The Morgan fingerprint density at radius 1 is 0.975 bits per heavy atom. The molecular weight excluding hydrogens is 574 g/mol. The Morgan fingerprint density at radius 3 is 2.35 bits per heavy atom. The molecule has 1 aliphatic heterocycles. The lowest BCUT2D eigenvalue weighted by Crippen LogP contribution is -2.40. The Kier molecular flexibility index (Phi) is 9.71. The summed E-state index contributed by atoms with van der Waals surface area (Å²) in [6.45, 7) is 3.99. The van der Waals surface area contributed by atoms with Crippen LogP contribution in [0.25, 0.3) is 6.08 Å². The molecule has 40 heavy (non-hydrogen) atoms. The number of carbonyl (C=O) groups is 2. The van der Waals surface area contributed by atoms with E-state index in [2.05, 4.69) is 38.4 Å². The molecule has 1 aliphatic rings. The first-order valence-corrected chi connectivity index (χ1v) is 13.9. The minimum atomic E-state index is -0.510. The molecule has 0 bridgehead atoms. The molecule has 0 aromatic heterocycles. The molecule has 1 heterocycles. The number of rotatable bonds is 9. The third-order valence-corrected chi connectivity index (χ3v) is 7.51. The van der Waals surface area contributed by atoms with Gasteiger partial charge >= 0.3 is 5.97 Å². The van der Waals surface area contributed by atoms with E-state index >= 15 is 0 Å². The van der Waals surface area contributed by atoms with Crippen molar-refractivity contribution in [2.75, 3.05) is 44.3 Å². The first-order chi connectivity index (χ1) is 19.4. The molecule has 210 valence electrons. The summed E-state index contributed by atoms with van der Waals surface area (Å²) >= 11 is 3.48. The molecule has 9 heteroatoms. The van der Waals surface area contributed by atoms with Gasteiger partial charge in [-0.3, -0.25) is 15.2 Å². The van der Waals surface area contributed by atoms with Gasteiger partial charge in [0.15, 0.2) is 0 Å². The highest BCUT2D eigenvalue weighted by atomic mass is 79.9. The number of hydrogen-bond acceptors (Lipinski definition) is 7. The van der Waals surface area contributed by atoms with E-state index in [0.717, 1.165) is 54.3 Å². The third-order valence-electron chi connectivity index (χ3n) is 6.83. The summed E-state index contributed by atoms with van der Waals surface area (Å²) < 4.78 is 16.2. The number of nitrogens with one attached hydrogen (secondary N) is 1. The maximum absolute atomic E-state index is 13.4. The zero-order chi connectivity index (χ0) is 28.6. The summed E-state index contributed by atoms with van der Waals surface area (Å²) in [4.78, 5) is 27.9. The van der Waals surface area contributed by atoms with Crippen LogP contribution in [0.3, 0.4) is 0 Å². The Morgan fingerprint density at radius 2 is 1.70 bits per heavy atom. The summed E-state index contributed by atoms with van der Waals surface area (Å²) in [6.07, 6.45) is 6.61. The van der Waals surface area contributed by atoms with Gasteiger partial charge < -0.3 is 19.1 Å². The van der Waals surface area contributed by atoms with E-state index in [0.29, 0.717) is 15.8 Å². The quantitative estimate of drug-likeness (QED) is 0.170. The van der Waals surface area contributed by atoms with Crippen LogP contribution in [0.1, 0.15) is 40.7 Å². The molecule has 3 aromatic carbocycles. The smallest absolute Gasteiger partial charge is 0.341 e. The highest BCUT2D eigenvalue weighted by Crippen LogP contribution is 2.38. The first kappa shape index (κ1) is 29.0.